The second-order valence-corrected chi connectivity index (χ2v) is 23.5. The molecule has 1 aliphatic rings. The fourth-order valence-electron chi connectivity index (χ4n) is 9.26. The molecule has 0 aliphatic carbocycles. The average Bonchev–Trinajstić information content (AvgIpc) is 3.62. The first kappa shape index (κ1) is 63.7. The Morgan fingerprint density at radius 1 is 0.683 bits per heavy atom. The van der Waals surface area contributed by atoms with Crippen LogP contribution in [0.1, 0.15) is 69.6 Å². The molecule has 436 valence electrons. The zero-order chi connectivity index (χ0) is 59.3. The molecule has 6 amide bonds. The number of phenolic OH excluding ortho intramolecular Hbond substituents is 1. The molecule has 5 aromatic rings. The number of amides is 6. The minimum Gasteiger partial charge on any atom is -0.508 e. The molecule has 1 fully saturated rings. The van der Waals surface area contributed by atoms with E-state index < -0.39 is 120 Å². The summed E-state index contributed by atoms with van der Waals surface area (Å²) in [7, 11) is 2.18. The quantitative estimate of drug-likeness (QED) is 0.0298. The fraction of sp³-hybridized carbons (Fsp3) is 0.400. The van der Waals surface area contributed by atoms with Gasteiger partial charge in [-0.15, -0.1) is 0 Å². The molecule has 5 aromatic carbocycles. The standard InChI is InChI=1S/C60H74N10O10S2/c1-35(2)53-52(74)32-43(57(77)68-54(36(3)71)55(63)75)33-81-82-34-50(66-58(78)47(62)29-39-16-21-40-11-7-8-12-41(40)28-39)51(73)31-42(27-37-19-24-46(72)25-20-37)56(76)65-49(60(80)64-48(59(79)67-53)15-9-10-26-61)30-38-17-22-45(23-18-38)70-69-44-13-5-4-6-14-44/h4-8,11-14,16-25,28,35-36,42-43,47-50,53-54,71-72H,9-10,15,26-27,29-34,61-62H2,1-3H3,(H2,63,75)(H,64,80)(H,65,76)(H,66,78)(H,67,79)(H,68,77)/t36-,42-,43+,47-,48+,49-,50+,53+,54+/m1/s1. The second-order valence-electron chi connectivity index (χ2n) is 20.9. The van der Waals surface area contributed by atoms with E-state index in [2.05, 4.69) is 36.8 Å². The fourth-order valence-corrected chi connectivity index (χ4v) is 11.8. The number of phenols is 1. The summed E-state index contributed by atoms with van der Waals surface area (Å²) in [5, 5.41) is 44.9. The summed E-state index contributed by atoms with van der Waals surface area (Å²) in [6.45, 7) is 4.95. The van der Waals surface area contributed by atoms with Gasteiger partial charge < -0.3 is 54.0 Å². The van der Waals surface area contributed by atoms with Crippen molar-refractivity contribution in [1.82, 2.24) is 26.6 Å². The molecule has 82 heavy (non-hydrogen) atoms. The number of aliphatic hydroxyl groups is 1. The molecule has 1 saturated heterocycles. The first-order valence-electron chi connectivity index (χ1n) is 27.3. The molecule has 13 N–H and O–H groups in total. The molecule has 9 atom stereocenters. The van der Waals surface area contributed by atoms with Crippen molar-refractivity contribution < 1.29 is 48.6 Å². The van der Waals surface area contributed by atoms with Crippen LogP contribution in [-0.2, 0) is 57.6 Å². The van der Waals surface area contributed by atoms with E-state index in [0.717, 1.165) is 37.9 Å². The zero-order valence-corrected chi connectivity index (χ0v) is 47.8. The maximum absolute atomic E-state index is 15.0. The van der Waals surface area contributed by atoms with Crippen molar-refractivity contribution in [3.8, 4) is 5.75 Å². The Bertz CT molecular complexity index is 3020. The van der Waals surface area contributed by atoms with Crippen LogP contribution in [0.25, 0.3) is 10.8 Å². The minimum atomic E-state index is -1.51. The summed E-state index contributed by atoms with van der Waals surface area (Å²) < 4.78 is 0. The third-order valence-corrected chi connectivity index (χ3v) is 16.5. The number of primary amides is 1. The number of carbonyl (C=O) groups is 8. The number of nitrogens with one attached hydrogen (secondary N) is 5. The van der Waals surface area contributed by atoms with Crippen LogP contribution in [0.4, 0.5) is 11.4 Å². The molecule has 0 radical (unpaired) electrons. The third kappa shape index (κ3) is 19.6. The number of nitrogens with two attached hydrogens (primary N) is 3. The van der Waals surface area contributed by atoms with Crippen molar-refractivity contribution in [3.63, 3.8) is 0 Å². The molecular weight excluding hydrogens is 1080 g/mol. The highest BCUT2D eigenvalue weighted by atomic mass is 33.1. The van der Waals surface area contributed by atoms with Gasteiger partial charge in [0.1, 0.15) is 23.9 Å². The lowest BCUT2D eigenvalue weighted by molar-refractivity contribution is -0.136. The zero-order valence-electron chi connectivity index (χ0n) is 46.2. The monoisotopic (exact) mass is 1160 g/mol. The highest BCUT2D eigenvalue weighted by molar-refractivity contribution is 8.76. The van der Waals surface area contributed by atoms with E-state index in [-0.39, 0.29) is 49.5 Å². The number of fused-ring (bicyclic) bond motifs is 1. The Balaban J connectivity index is 1.39. The van der Waals surface area contributed by atoms with Crippen molar-refractivity contribution in [3.05, 3.63) is 138 Å². The Labute approximate surface area is 485 Å². The van der Waals surface area contributed by atoms with E-state index in [1.807, 2.05) is 60.7 Å². The predicted molar refractivity (Wildman–Crippen MR) is 318 cm³/mol. The number of hydrogen-bond acceptors (Lipinski definition) is 16. The summed E-state index contributed by atoms with van der Waals surface area (Å²) in [5.41, 5.74) is 21.0. The highest BCUT2D eigenvalue weighted by Crippen LogP contribution is 2.29. The molecule has 22 heteroatoms. The summed E-state index contributed by atoms with van der Waals surface area (Å²) >= 11 is 0. The van der Waals surface area contributed by atoms with E-state index in [9.17, 15) is 48.6 Å². The second kappa shape index (κ2) is 31.6. The van der Waals surface area contributed by atoms with Crippen LogP contribution in [0.3, 0.4) is 0 Å². The van der Waals surface area contributed by atoms with Crippen LogP contribution >= 0.6 is 21.6 Å². The number of aliphatic hydroxyl groups excluding tert-OH is 1. The molecule has 1 heterocycles. The lowest BCUT2D eigenvalue weighted by atomic mass is 9.90. The smallest absolute Gasteiger partial charge is 0.243 e. The van der Waals surface area contributed by atoms with Gasteiger partial charge in [-0.1, -0.05) is 120 Å². The van der Waals surface area contributed by atoms with Crippen molar-refractivity contribution in [2.75, 3.05) is 18.1 Å². The first-order valence-corrected chi connectivity index (χ1v) is 29.8. The molecular formula is C60H74N10O10S2. The van der Waals surface area contributed by atoms with Crippen LogP contribution < -0.4 is 43.8 Å². The van der Waals surface area contributed by atoms with Crippen molar-refractivity contribution in [1.29, 1.82) is 0 Å². The van der Waals surface area contributed by atoms with Gasteiger partial charge >= 0.3 is 0 Å². The van der Waals surface area contributed by atoms with Crippen LogP contribution in [0.2, 0.25) is 0 Å². The van der Waals surface area contributed by atoms with Gasteiger partial charge in [0.05, 0.1) is 41.5 Å². The number of aromatic hydroxyl groups is 1. The summed E-state index contributed by atoms with van der Waals surface area (Å²) in [5.74, 6) is -8.93. The molecule has 6 rings (SSSR count). The molecule has 0 saturated carbocycles. The number of ketones is 2. The highest BCUT2D eigenvalue weighted by Gasteiger charge is 2.37. The topological polar surface area (TPSA) is 340 Å². The van der Waals surface area contributed by atoms with Crippen molar-refractivity contribution in [2.45, 2.75) is 114 Å². The van der Waals surface area contributed by atoms with Gasteiger partial charge in [-0.3, -0.25) is 38.4 Å². The molecule has 1 aliphatic heterocycles. The summed E-state index contributed by atoms with van der Waals surface area (Å²) in [6.07, 6.45) is -1.41. The normalized spacial score (nSPS) is 21.2. The van der Waals surface area contributed by atoms with E-state index in [1.54, 1.807) is 62.4 Å². The molecule has 20 nitrogen and oxygen atoms in total. The van der Waals surface area contributed by atoms with Gasteiger partial charge in [-0.25, -0.2) is 0 Å². The number of hydrogen-bond donors (Lipinski definition) is 10. The number of nitrogens with zero attached hydrogens (tertiary/aromatic N) is 2. The van der Waals surface area contributed by atoms with Crippen LogP contribution in [-0.4, -0.2) is 118 Å². The number of benzene rings is 5. The van der Waals surface area contributed by atoms with Gasteiger partial charge in [0.2, 0.25) is 35.4 Å². The van der Waals surface area contributed by atoms with Gasteiger partial charge in [0, 0.05) is 36.7 Å². The number of rotatable bonds is 19. The van der Waals surface area contributed by atoms with Crippen molar-refractivity contribution in [2.24, 2.45) is 45.2 Å². The Morgan fingerprint density at radius 2 is 1.28 bits per heavy atom. The average molecular weight is 1160 g/mol. The maximum atomic E-state index is 15.0. The van der Waals surface area contributed by atoms with E-state index in [0.29, 0.717) is 35.3 Å². The Morgan fingerprint density at radius 3 is 1.94 bits per heavy atom. The number of Topliss-reactive ketones (excluding diaryl/α,β-unsaturated/α-hetero) is 2. The van der Waals surface area contributed by atoms with E-state index in [1.165, 1.54) is 19.1 Å². The third-order valence-electron chi connectivity index (χ3n) is 14.0. The van der Waals surface area contributed by atoms with Crippen LogP contribution in [0.15, 0.2) is 132 Å². The Hall–Kier alpha value is -7.50. The van der Waals surface area contributed by atoms with Gasteiger partial charge in [0.25, 0.3) is 0 Å². The van der Waals surface area contributed by atoms with E-state index >= 15 is 0 Å². The summed E-state index contributed by atoms with van der Waals surface area (Å²) in [6, 6.07) is 27.8. The van der Waals surface area contributed by atoms with Gasteiger partial charge in [0.15, 0.2) is 11.6 Å². The largest absolute Gasteiger partial charge is 0.508 e. The predicted octanol–water partition coefficient (Wildman–Crippen LogP) is 4.94. The SMILES string of the molecule is CC(C)[C@@H]1NC(=O)[C@H](CCCCN)NC(=O)[C@@H](Cc2ccc(N=Nc3ccccc3)cc2)NC(=O)[C@H](Cc2ccc(O)cc2)CC(=O)[C@@H](NC(=O)[C@H](N)Cc2ccc3ccccc3c2)CSSC[C@@H](C(=O)N[C@H](C(N)=O)[C@@H](C)O)CC1=O. The van der Waals surface area contributed by atoms with Crippen molar-refractivity contribution >= 4 is 90.7 Å². The summed E-state index contributed by atoms with van der Waals surface area (Å²) in [4.78, 5) is 114. The number of unbranched alkanes of at least 4 members (excludes halogenated alkanes) is 1. The van der Waals surface area contributed by atoms with Gasteiger partial charge in [-0.05, 0) is 115 Å². The lowest BCUT2D eigenvalue weighted by Gasteiger charge is -2.29. The van der Waals surface area contributed by atoms with Gasteiger partial charge in [-0.2, -0.15) is 10.2 Å². The first-order chi connectivity index (χ1) is 39.3. The molecule has 0 aromatic heterocycles. The maximum Gasteiger partial charge on any atom is 0.243 e. The molecule has 0 unspecified atom stereocenters. The van der Waals surface area contributed by atoms with E-state index in [4.69, 9.17) is 17.2 Å². The Kier molecular flexibility index (Phi) is 24.6. The van der Waals surface area contributed by atoms with Crippen LogP contribution in [0, 0.1) is 17.8 Å². The number of carbonyl (C=O) groups excluding carboxylic acids is 8. The minimum absolute atomic E-state index is 0.0355. The molecule has 0 bridgehead atoms. The van der Waals surface area contributed by atoms with Crippen LogP contribution in [0.5, 0.6) is 5.75 Å². The lowest BCUT2D eigenvalue weighted by Crippen LogP contribution is -2.57. The number of azo groups is 1. The molecule has 0 spiro atoms.